The van der Waals surface area contributed by atoms with Gasteiger partial charge in [-0.2, -0.15) is 0 Å². The molecular weight excluding hydrogens is 254 g/mol. The molecular formula is C12H15NO4S. The highest BCUT2D eigenvalue weighted by molar-refractivity contribution is 7.89. The zero-order valence-corrected chi connectivity index (χ0v) is 10.8. The number of nitrogens with one attached hydrogen (secondary N) is 1. The van der Waals surface area contributed by atoms with E-state index >= 15 is 0 Å². The Morgan fingerprint density at radius 2 is 2.17 bits per heavy atom. The predicted octanol–water partition coefficient (Wildman–Crippen LogP) is 1.22. The van der Waals surface area contributed by atoms with Crippen molar-refractivity contribution < 1.29 is 18.3 Å². The van der Waals surface area contributed by atoms with Crippen LogP contribution >= 0.6 is 0 Å². The van der Waals surface area contributed by atoms with Gasteiger partial charge in [0, 0.05) is 12.6 Å². The third kappa shape index (κ3) is 5.11. The van der Waals surface area contributed by atoms with Crippen LogP contribution in [0.25, 0.3) is 6.08 Å². The van der Waals surface area contributed by atoms with Crippen LogP contribution in [0.15, 0.2) is 30.3 Å². The summed E-state index contributed by atoms with van der Waals surface area (Å²) < 4.78 is 25.0. The van der Waals surface area contributed by atoms with Gasteiger partial charge in [0.05, 0.1) is 5.75 Å². The topological polar surface area (TPSA) is 83.5 Å². The highest BCUT2D eigenvalue weighted by Crippen LogP contribution is 2.07. The molecule has 0 aliphatic carbocycles. The van der Waals surface area contributed by atoms with Gasteiger partial charge in [-0.3, -0.25) is 0 Å². The summed E-state index contributed by atoms with van der Waals surface area (Å²) in [6, 6.07) is 7.00. The molecule has 1 aromatic rings. The van der Waals surface area contributed by atoms with Crippen LogP contribution in [-0.4, -0.2) is 25.2 Å². The first-order valence-electron chi connectivity index (χ1n) is 5.40. The van der Waals surface area contributed by atoms with E-state index in [1.54, 1.807) is 31.2 Å². The van der Waals surface area contributed by atoms with Crippen molar-refractivity contribution in [1.29, 1.82) is 0 Å². The molecule has 0 atom stereocenters. The quantitative estimate of drug-likeness (QED) is 0.761. The van der Waals surface area contributed by atoms with E-state index in [-0.39, 0.29) is 12.3 Å². The number of carbonyl (C=O) groups is 1. The lowest BCUT2D eigenvalue weighted by atomic mass is 10.1. The van der Waals surface area contributed by atoms with Gasteiger partial charge < -0.3 is 5.11 Å². The van der Waals surface area contributed by atoms with Gasteiger partial charge in [0.15, 0.2) is 0 Å². The van der Waals surface area contributed by atoms with Crippen molar-refractivity contribution in [2.75, 3.05) is 5.75 Å². The highest BCUT2D eigenvalue weighted by Gasteiger charge is 2.05. The minimum Gasteiger partial charge on any atom is -0.478 e. The average molecular weight is 269 g/mol. The zero-order valence-electron chi connectivity index (χ0n) is 9.96. The Morgan fingerprint density at radius 1 is 1.44 bits per heavy atom. The number of carboxylic acids is 1. The molecule has 6 heteroatoms. The summed E-state index contributed by atoms with van der Waals surface area (Å²) >= 11 is 0. The fraction of sp³-hybridized carbons (Fsp3) is 0.250. The first-order valence-corrected chi connectivity index (χ1v) is 7.05. The number of aliphatic carboxylic acids is 1. The molecule has 0 aliphatic heterocycles. The van der Waals surface area contributed by atoms with Gasteiger partial charge in [-0.05, 0) is 24.1 Å². The standard InChI is InChI=1S/C12H15NO4S/c1-2-18(16,17)13-9-11-5-3-4-10(8-11)6-7-12(14)15/h3-8,13H,2,9H2,1H3,(H,14,15)/b7-6+. The van der Waals surface area contributed by atoms with Crippen LogP contribution in [0, 0.1) is 0 Å². The Morgan fingerprint density at radius 3 is 2.78 bits per heavy atom. The third-order valence-corrected chi connectivity index (χ3v) is 3.59. The second-order valence-corrected chi connectivity index (χ2v) is 5.74. The molecule has 2 N–H and O–H groups in total. The van der Waals surface area contributed by atoms with Crippen molar-refractivity contribution in [3.8, 4) is 0 Å². The molecule has 0 saturated heterocycles. The largest absolute Gasteiger partial charge is 0.478 e. The Bertz CT molecular complexity index is 549. The molecule has 0 saturated carbocycles. The molecule has 0 aliphatic rings. The van der Waals surface area contributed by atoms with E-state index in [0.29, 0.717) is 5.56 Å². The van der Waals surface area contributed by atoms with E-state index in [9.17, 15) is 13.2 Å². The maximum Gasteiger partial charge on any atom is 0.328 e. The Hall–Kier alpha value is -1.66. The number of hydrogen-bond donors (Lipinski definition) is 2. The molecule has 0 radical (unpaired) electrons. The molecule has 1 aromatic carbocycles. The van der Waals surface area contributed by atoms with Crippen LogP contribution in [0.3, 0.4) is 0 Å². The third-order valence-electron chi connectivity index (χ3n) is 2.25. The summed E-state index contributed by atoms with van der Waals surface area (Å²) in [6.45, 7) is 1.76. The van der Waals surface area contributed by atoms with Crippen LogP contribution < -0.4 is 4.72 Å². The van der Waals surface area contributed by atoms with Gasteiger partial charge in [0.25, 0.3) is 0 Å². The van der Waals surface area contributed by atoms with Crippen LogP contribution in [-0.2, 0) is 21.4 Å². The van der Waals surface area contributed by atoms with Crippen LogP contribution in [0.1, 0.15) is 18.1 Å². The summed E-state index contributed by atoms with van der Waals surface area (Å²) in [7, 11) is -3.22. The summed E-state index contributed by atoms with van der Waals surface area (Å²) in [4.78, 5) is 10.4. The number of benzene rings is 1. The molecule has 0 aromatic heterocycles. The number of hydrogen-bond acceptors (Lipinski definition) is 3. The summed E-state index contributed by atoms with van der Waals surface area (Å²) in [5.74, 6) is -0.988. The fourth-order valence-corrected chi connectivity index (χ4v) is 1.86. The van der Waals surface area contributed by atoms with E-state index in [4.69, 9.17) is 5.11 Å². The minimum absolute atomic E-state index is 0.0333. The first-order chi connectivity index (χ1) is 8.43. The molecule has 0 unspecified atom stereocenters. The lowest BCUT2D eigenvalue weighted by molar-refractivity contribution is -0.131. The smallest absolute Gasteiger partial charge is 0.328 e. The molecule has 5 nitrogen and oxygen atoms in total. The van der Waals surface area contributed by atoms with E-state index in [1.807, 2.05) is 0 Å². The molecule has 0 amide bonds. The summed E-state index contributed by atoms with van der Waals surface area (Å²) in [6.07, 6.45) is 2.50. The van der Waals surface area contributed by atoms with E-state index in [0.717, 1.165) is 11.6 Å². The molecule has 1 rings (SSSR count). The predicted molar refractivity (Wildman–Crippen MR) is 69.4 cm³/mol. The van der Waals surface area contributed by atoms with E-state index in [2.05, 4.69) is 4.72 Å². The molecule has 18 heavy (non-hydrogen) atoms. The molecule has 0 spiro atoms. The highest BCUT2D eigenvalue weighted by atomic mass is 32.2. The van der Waals surface area contributed by atoms with Crippen LogP contribution in [0.4, 0.5) is 0 Å². The maximum atomic E-state index is 11.3. The van der Waals surface area contributed by atoms with Gasteiger partial charge in [-0.1, -0.05) is 24.3 Å². The van der Waals surface area contributed by atoms with E-state index < -0.39 is 16.0 Å². The van der Waals surface area contributed by atoms with Gasteiger partial charge >= 0.3 is 5.97 Å². The normalized spacial score (nSPS) is 11.8. The van der Waals surface area contributed by atoms with Crippen LogP contribution in [0.5, 0.6) is 0 Å². The SMILES string of the molecule is CCS(=O)(=O)NCc1cccc(/C=C/C(=O)O)c1. The zero-order chi connectivity index (χ0) is 13.6. The molecule has 0 heterocycles. The Balaban J connectivity index is 2.74. The lowest BCUT2D eigenvalue weighted by Crippen LogP contribution is -2.24. The lowest BCUT2D eigenvalue weighted by Gasteiger charge is -2.05. The van der Waals surface area contributed by atoms with E-state index in [1.165, 1.54) is 6.08 Å². The average Bonchev–Trinajstić information content (AvgIpc) is 2.35. The molecule has 0 fully saturated rings. The van der Waals surface area contributed by atoms with Gasteiger partial charge in [0.2, 0.25) is 10.0 Å². The second-order valence-electron chi connectivity index (χ2n) is 3.64. The van der Waals surface area contributed by atoms with Crippen LogP contribution in [0.2, 0.25) is 0 Å². The summed E-state index contributed by atoms with van der Waals surface area (Å²) in [5.41, 5.74) is 1.49. The monoisotopic (exact) mass is 269 g/mol. The number of rotatable bonds is 6. The number of sulfonamides is 1. The number of carboxylic acid groups (broad SMARTS) is 1. The first kappa shape index (κ1) is 14.4. The van der Waals surface area contributed by atoms with Gasteiger partial charge in [0.1, 0.15) is 0 Å². The van der Waals surface area contributed by atoms with Gasteiger partial charge in [-0.15, -0.1) is 0 Å². The molecule has 0 bridgehead atoms. The van der Waals surface area contributed by atoms with Crippen molar-refractivity contribution in [2.45, 2.75) is 13.5 Å². The Kier molecular flexibility index (Phi) is 5.06. The fourth-order valence-electron chi connectivity index (χ4n) is 1.27. The van der Waals surface area contributed by atoms with Crippen molar-refractivity contribution >= 4 is 22.1 Å². The van der Waals surface area contributed by atoms with Crippen molar-refractivity contribution in [1.82, 2.24) is 4.72 Å². The molecule has 98 valence electrons. The second kappa shape index (κ2) is 6.32. The maximum absolute atomic E-state index is 11.3. The van der Waals surface area contributed by atoms with Crippen molar-refractivity contribution in [3.63, 3.8) is 0 Å². The van der Waals surface area contributed by atoms with Crippen molar-refractivity contribution in [3.05, 3.63) is 41.5 Å². The summed E-state index contributed by atoms with van der Waals surface area (Å²) in [5, 5.41) is 8.51. The van der Waals surface area contributed by atoms with Gasteiger partial charge in [-0.25, -0.2) is 17.9 Å². The van der Waals surface area contributed by atoms with Crippen molar-refractivity contribution in [2.24, 2.45) is 0 Å². The Labute approximate surface area is 106 Å². The minimum atomic E-state index is -3.22.